The number of hydrogen-bond acceptors (Lipinski definition) is 3. The third-order valence-electron chi connectivity index (χ3n) is 1.51. The van der Waals surface area contributed by atoms with Gasteiger partial charge in [0.1, 0.15) is 16.5 Å². The van der Waals surface area contributed by atoms with Crippen molar-refractivity contribution < 1.29 is 17.5 Å². The Balaban J connectivity index is 3.51. The summed E-state index contributed by atoms with van der Waals surface area (Å²) in [6.07, 6.45) is 0. The molecule has 0 aromatic heterocycles. The standard InChI is InChI=1S/C7H7BrFNO3S/c1-13-6-2-4(8)5(9)3-7(6)14(10,11)12/h2-3H,1H3,(H2,10,11,12). The molecule has 0 heterocycles. The molecule has 0 spiro atoms. The van der Waals surface area contributed by atoms with Crippen molar-refractivity contribution in [3.8, 4) is 5.75 Å². The van der Waals surface area contributed by atoms with E-state index in [-0.39, 0.29) is 15.1 Å². The van der Waals surface area contributed by atoms with E-state index in [4.69, 9.17) is 9.88 Å². The minimum absolute atomic E-state index is 0.000718. The predicted octanol–water partition coefficient (Wildman–Crippen LogP) is 1.24. The number of ether oxygens (including phenoxy) is 1. The van der Waals surface area contributed by atoms with Crippen LogP contribution in [0.25, 0.3) is 0 Å². The number of benzene rings is 1. The molecule has 0 bridgehead atoms. The topological polar surface area (TPSA) is 69.4 Å². The zero-order valence-electron chi connectivity index (χ0n) is 7.12. The van der Waals surface area contributed by atoms with Crippen molar-refractivity contribution in [1.82, 2.24) is 0 Å². The van der Waals surface area contributed by atoms with Crippen molar-refractivity contribution >= 4 is 26.0 Å². The lowest BCUT2D eigenvalue weighted by molar-refractivity contribution is 0.400. The molecule has 1 aromatic carbocycles. The van der Waals surface area contributed by atoms with E-state index >= 15 is 0 Å². The Hall–Kier alpha value is -0.660. The molecular formula is C7H7BrFNO3S. The minimum atomic E-state index is -3.97. The monoisotopic (exact) mass is 283 g/mol. The number of sulfonamides is 1. The van der Waals surface area contributed by atoms with Crippen LogP contribution in [0.15, 0.2) is 21.5 Å². The molecule has 78 valence electrons. The normalized spacial score (nSPS) is 11.4. The van der Waals surface area contributed by atoms with Crippen LogP contribution in [-0.4, -0.2) is 15.5 Å². The van der Waals surface area contributed by atoms with Gasteiger partial charge in [-0.2, -0.15) is 0 Å². The number of hydrogen-bond donors (Lipinski definition) is 1. The first kappa shape index (κ1) is 11.4. The van der Waals surface area contributed by atoms with Gasteiger partial charge in [0, 0.05) is 0 Å². The summed E-state index contributed by atoms with van der Waals surface area (Å²) in [4.78, 5) is -0.374. The Kier molecular flexibility index (Phi) is 3.13. The average molecular weight is 284 g/mol. The summed E-state index contributed by atoms with van der Waals surface area (Å²) in [7, 11) is -2.70. The van der Waals surface area contributed by atoms with E-state index in [2.05, 4.69) is 15.9 Å². The summed E-state index contributed by atoms with van der Waals surface area (Å²) in [6.45, 7) is 0. The lowest BCUT2D eigenvalue weighted by Gasteiger charge is -2.07. The molecule has 1 aromatic rings. The second-order valence-corrected chi connectivity index (χ2v) is 4.85. The second kappa shape index (κ2) is 3.84. The van der Waals surface area contributed by atoms with Crippen molar-refractivity contribution in [3.05, 3.63) is 22.4 Å². The molecule has 14 heavy (non-hydrogen) atoms. The molecule has 0 aliphatic rings. The summed E-state index contributed by atoms with van der Waals surface area (Å²) in [5.74, 6) is -0.712. The molecule has 0 unspecified atom stereocenters. The van der Waals surface area contributed by atoms with Crippen LogP contribution in [0.1, 0.15) is 0 Å². The first-order chi connectivity index (χ1) is 6.36. The first-order valence-corrected chi connectivity index (χ1v) is 5.76. The highest BCUT2D eigenvalue weighted by Crippen LogP contribution is 2.28. The van der Waals surface area contributed by atoms with Crippen molar-refractivity contribution in [2.45, 2.75) is 4.90 Å². The summed E-state index contributed by atoms with van der Waals surface area (Å²) in [5, 5.41) is 4.86. The van der Waals surface area contributed by atoms with E-state index in [9.17, 15) is 12.8 Å². The summed E-state index contributed by atoms with van der Waals surface area (Å²) in [6, 6.07) is 2.01. The van der Waals surface area contributed by atoms with Crippen molar-refractivity contribution in [2.75, 3.05) is 7.11 Å². The van der Waals surface area contributed by atoms with Crippen LogP contribution in [0.2, 0.25) is 0 Å². The van der Waals surface area contributed by atoms with Crippen LogP contribution in [0.5, 0.6) is 5.75 Å². The quantitative estimate of drug-likeness (QED) is 0.888. The van der Waals surface area contributed by atoms with Gasteiger partial charge in [-0.05, 0) is 28.1 Å². The summed E-state index contributed by atoms with van der Waals surface area (Å²) < 4.78 is 39.9. The van der Waals surface area contributed by atoms with Gasteiger partial charge in [0.05, 0.1) is 11.6 Å². The fourth-order valence-corrected chi connectivity index (χ4v) is 1.90. The third-order valence-corrected chi connectivity index (χ3v) is 3.05. The van der Waals surface area contributed by atoms with Crippen LogP contribution >= 0.6 is 15.9 Å². The predicted molar refractivity (Wildman–Crippen MR) is 52.0 cm³/mol. The van der Waals surface area contributed by atoms with Crippen LogP contribution in [0.4, 0.5) is 4.39 Å². The van der Waals surface area contributed by atoms with Gasteiger partial charge in [-0.1, -0.05) is 0 Å². The van der Waals surface area contributed by atoms with E-state index in [1.807, 2.05) is 0 Å². The molecular weight excluding hydrogens is 277 g/mol. The van der Waals surface area contributed by atoms with Gasteiger partial charge >= 0.3 is 0 Å². The highest BCUT2D eigenvalue weighted by atomic mass is 79.9. The highest BCUT2D eigenvalue weighted by Gasteiger charge is 2.17. The average Bonchev–Trinajstić information content (AvgIpc) is 2.07. The van der Waals surface area contributed by atoms with Crippen LogP contribution < -0.4 is 9.88 Å². The molecule has 0 radical (unpaired) electrons. The van der Waals surface area contributed by atoms with Gasteiger partial charge < -0.3 is 4.74 Å². The molecule has 0 saturated carbocycles. The Morgan fingerprint density at radius 2 is 2.07 bits per heavy atom. The van der Waals surface area contributed by atoms with E-state index in [0.717, 1.165) is 6.07 Å². The maximum absolute atomic E-state index is 13.0. The third kappa shape index (κ3) is 2.23. The van der Waals surface area contributed by atoms with Crippen LogP contribution in [0.3, 0.4) is 0 Å². The minimum Gasteiger partial charge on any atom is -0.495 e. The lowest BCUT2D eigenvalue weighted by Crippen LogP contribution is -2.13. The molecule has 4 nitrogen and oxygen atoms in total. The molecule has 0 saturated heterocycles. The maximum Gasteiger partial charge on any atom is 0.241 e. The summed E-state index contributed by atoms with van der Waals surface area (Å²) >= 11 is 2.90. The number of halogens is 2. The zero-order chi connectivity index (χ0) is 10.9. The maximum atomic E-state index is 13.0. The molecule has 2 N–H and O–H groups in total. The van der Waals surface area contributed by atoms with Crippen LogP contribution in [-0.2, 0) is 10.0 Å². The van der Waals surface area contributed by atoms with Gasteiger partial charge in [0.2, 0.25) is 10.0 Å². The molecule has 0 fully saturated rings. The molecule has 0 atom stereocenters. The number of rotatable bonds is 2. The summed E-state index contributed by atoms with van der Waals surface area (Å²) in [5.41, 5.74) is 0. The van der Waals surface area contributed by atoms with Crippen molar-refractivity contribution in [3.63, 3.8) is 0 Å². The fraction of sp³-hybridized carbons (Fsp3) is 0.143. The number of nitrogens with two attached hydrogens (primary N) is 1. The molecule has 7 heteroatoms. The van der Waals surface area contributed by atoms with Gasteiger partial charge in [-0.25, -0.2) is 17.9 Å². The fourth-order valence-electron chi connectivity index (χ4n) is 0.892. The lowest BCUT2D eigenvalue weighted by atomic mass is 10.3. The molecule has 1 rings (SSSR count). The van der Waals surface area contributed by atoms with Crippen LogP contribution in [0, 0.1) is 5.82 Å². The zero-order valence-corrected chi connectivity index (χ0v) is 9.52. The molecule has 0 aliphatic heterocycles. The number of primary sulfonamides is 1. The van der Waals surface area contributed by atoms with E-state index in [0.29, 0.717) is 0 Å². The Morgan fingerprint density at radius 3 is 2.50 bits per heavy atom. The van der Waals surface area contributed by atoms with E-state index in [1.54, 1.807) is 0 Å². The molecule has 0 amide bonds. The molecule has 0 aliphatic carbocycles. The van der Waals surface area contributed by atoms with Gasteiger partial charge in [0.25, 0.3) is 0 Å². The largest absolute Gasteiger partial charge is 0.495 e. The van der Waals surface area contributed by atoms with Gasteiger partial charge in [-0.3, -0.25) is 0 Å². The first-order valence-electron chi connectivity index (χ1n) is 3.42. The Labute approximate surface area is 89.0 Å². The second-order valence-electron chi connectivity index (χ2n) is 2.46. The van der Waals surface area contributed by atoms with Crippen molar-refractivity contribution in [1.29, 1.82) is 0 Å². The number of methoxy groups -OCH3 is 1. The van der Waals surface area contributed by atoms with Crippen molar-refractivity contribution in [2.24, 2.45) is 5.14 Å². The Bertz CT molecular complexity index is 460. The Morgan fingerprint density at radius 1 is 1.50 bits per heavy atom. The van der Waals surface area contributed by atoms with Gasteiger partial charge in [0.15, 0.2) is 0 Å². The smallest absolute Gasteiger partial charge is 0.241 e. The van der Waals surface area contributed by atoms with E-state index in [1.165, 1.54) is 13.2 Å². The van der Waals surface area contributed by atoms with Gasteiger partial charge in [-0.15, -0.1) is 0 Å². The highest BCUT2D eigenvalue weighted by molar-refractivity contribution is 9.10. The SMILES string of the molecule is COc1cc(Br)c(F)cc1S(N)(=O)=O. The van der Waals surface area contributed by atoms with E-state index < -0.39 is 15.8 Å².